The minimum Gasteiger partial charge on any atom is -0.487 e. The molecule has 0 spiro atoms. The third kappa shape index (κ3) is 2.70. The van der Waals surface area contributed by atoms with Crippen molar-refractivity contribution in [3.63, 3.8) is 0 Å². The molecule has 0 aliphatic rings. The molecule has 0 aliphatic carbocycles. The van der Waals surface area contributed by atoms with Gasteiger partial charge >= 0.3 is 0 Å². The first-order valence-corrected chi connectivity index (χ1v) is 5.90. The van der Waals surface area contributed by atoms with E-state index in [9.17, 15) is 0 Å². The van der Waals surface area contributed by atoms with E-state index in [4.69, 9.17) is 4.74 Å². The Labute approximate surface area is 98.4 Å². The second-order valence-corrected chi connectivity index (χ2v) is 3.93. The molecule has 0 saturated carbocycles. The predicted molar refractivity (Wildman–Crippen MR) is 64.8 cm³/mol. The molecule has 1 heterocycles. The van der Waals surface area contributed by atoms with Gasteiger partial charge < -0.3 is 10.1 Å². The van der Waals surface area contributed by atoms with Crippen molar-refractivity contribution >= 4 is 16.5 Å². The molecule has 2 rings (SSSR count). The molecular formula is C11H13N3OS. The van der Waals surface area contributed by atoms with E-state index in [0.717, 1.165) is 23.0 Å². The molecule has 0 saturated heterocycles. The lowest BCUT2D eigenvalue weighted by atomic mass is 10.3. The minimum absolute atomic E-state index is 0.447. The number of benzene rings is 1. The number of nitrogens with one attached hydrogen (secondary N) is 1. The largest absolute Gasteiger partial charge is 0.487 e. The summed E-state index contributed by atoms with van der Waals surface area (Å²) in [6.45, 7) is 3.35. The van der Waals surface area contributed by atoms with E-state index in [-0.39, 0.29) is 0 Å². The van der Waals surface area contributed by atoms with Gasteiger partial charge in [-0.25, -0.2) is 0 Å². The molecule has 0 amide bonds. The number of hydrogen-bond acceptors (Lipinski definition) is 5. The minimum atomic E-state index is 0.447. The highest BCUT2D eigenvalue weighted by atomic mass is 32.1. The fraction of sp³-hybridized carbons (Fsp3) is 0.273. The van der Waals surface area contributed by atoms with Crippen molar-refractivity contribution < 1.29 is 4.74 Å². The Kier molecular flexibility index (Phi) is 3.71. The molecule has 2 aromatic rings. The van der Waals surface area contributed by atoms with Crippen molar-refractivity contribution in [3.05, 3.63) is 36.0 Å². The third-order valence-corrected chi connectivity index (χ3v) is 2.74. The molecule has 84 valence electrons. The highest BCUT2D eigenvalue weighted by Gasteiger charge is 2.07. The van der Waals surface area contributed by atoms with Crippen LogP contribution in [0.5, 0.6) is 5.75 Å². The van der Waals surface area contributed by atoms with Crippen molar-refractivity contribution in [2.45, 2.75) is 13.5 Å². The first-order valence-electron chi connectivity index (χ1n) is 5.13. The van der Waals surface area contributed by atoms with Crippen LogP contribution >= 0.6 is 11.5 Å². The van der Waals surface area contributed by atoms with Crippen LogP contribution in [-0.4, -0.2) is 16.1 Å². The molecule has 1 aromatic heterocycles. The Balaban J connectivity index is 1.97. The van der Waals surface area contributed by atoms with Crippen LogP contribution in [0.2, 0.25) is 0 Å². The summed E-state index contributed by atoms with van der Waals surface area (Å²) in [5.74, 6) is 0.845. The topological polar surface area (TPSA) is 47.0 Å². The average molecular weight is 235 g/mol. The summed E-state index contributed by atoms with van der Waals surface area (Å²) in [5, 5.41) is 8.22. The van der Waals surface area contributed by atoms with Crippen molar-refractivity contribution in [1.82, 2.24) is 9.59 Å². The van der Waals surface area contributed by atoms with Gasteiger partial charge in [0.1, 0.15) is 23.1 Å². The Morgan fingerprint density at radius 1 is 1.31 bits per heavy atom. The Hall–Kier alpha value is -1.62. The van der Waals surface area contributed by atoms with Crippen molar-refractivity contribution in [3.8, 4) is 5.75 Å². The summed E-state index contributed by atoms with van der Waals surface area (Å²) in [6.07, 6.45) is 0. The molecule has 0 radical (unpaired) electrons. The van der Waals surface area contributed by atoms with Gasteiger partial charge in [0.15, 0.2) is 0 Å². The van der Waals surface area contributed by atoms with Gasteiger partial charge in [0, 0.05) is 18.1 Å². The summed E-state index contributed by atoms with van der Waals surface area (Å²) in [6, 6.07) is 9.69. The van der Waals surface area contributed by atoms with Gasteiger partial charge in [-0.1, -0.05) is 22.7 Å². The van der Waals surface area contributed by atoms with Gasteiger partial charge in [0.25, 0.3) is 0 Å². The molecular weight excluding hydrogens is 222 g/mol. The van der Waals surface area contributed by atoms with Gasteiger partial charge in [0.2, 0.25) is 0 Å². The summed E-state index contributed by atoms with van der Waals surface area (Å²) >= 11 is 1.36. The zero-order valence-corrected chi connectivity index (χ0v) is 9.83. The van der Waals surface area contributed by atoms with Crippen LogP contribution in [0.3, 0.4) is 0 Å². The van der Waals surface area contributed by atoms with Gasteiger partial charge in [0.05, 0.1) is 0 Å². The fourth-order valence-corrected chi connectivity index (χ4v) is 1.90. The van der Waals surface area contributed by atoms with E-state index < -0.39 is 0 Å². The lowest BCUT2D eigenvalue weighted by Gasteiger charge is -2.05. The first kappa shape index (κ1) is 10.9. The molecule has 5 heteroatoms. The van der Waals surface area contributed by atoms with E-state index in [2.05, 4.69) is 14.9 Å². The van der Waals surface area contributed by atoms with E-state index in [1.54, 1.807) is 0 Å². The molecule has 1 N–H and O–H groups in total. The third-order valence-electron chi connectivity index (χ3n) is 2.01. The smallest absolute Gasteiger partial charge is 0.136 e. The number of rotatable bonds is 5. The highest BCUT2D eigenvalue weighted by molar-refractivity contribution is 7.10. The van der Waals surface area contributed by atoms with Crippen LogP contribution in [-0.2, 0) is 6.61 Å². The Morgan fingerprint density at radius 3 is 2.88 bits per heavy atom. The highest BCUT2D eigenvalue weighted by Crippen LogP contribution is 2.19. The van der Waals surface area contributed by atoms with Crippen LogP contribution in [0.4, 0.5) is 5.00 Å². The van der Waals surface area contributed by atoms with Crippen LogP contribution in [0.25, 0.3) is 0 Å². The van der Waals surface area contributed by atoms with Crippen molar-refractivity contribution in [2.75, 3.05) is 11.9 Å². The maximum absolute atomic E-state index is 5.60. The van der Waals surface area contributed by atoms with Crippen LogP contribution < -0.4 is 10.1 Å². The summed E-state index contributed by atoms with van der Waals surface area (Å²) in [5.41, 5.74) is 0.857. The SMILES string of the molecule is CCNc1snnc1COc1ccccc1. The Bertz CT molecular complexity index is 430. The number of para-hydroxylation sites is 1. The number of ether oxygens (including phenoxy) is 1. The second-order valence-electron chi connectivity index (χ2n) is 3.18. The van der Waals surface area contributed by atoms with E-state index in [0.29, 0.717) is 6.61 Å². The van der Waals surface area contributed by atoms with E-state index in [1.165, 1.54) is 11.5 Å². The lowest BCUT2D eigenvalue weighted by Crippen LogP contribution is -2.02. The zero-order chi connectivity index (χ0) is 11.2. The summed E-state index contributed by atoms with van der Waals surface area (Å²) in [4.78, 5) is 0. The average Bonchev–Trinajstić information content (AvgIpc) is 2.76. The number of anilines is 1. The number of nitrogens with zero attached hydrogens (tertiary/aromatic N) is 2. The molecule has 0 atom stereocenters. The fourth-order valence-electron chi connectivity index (χ4n) is 1.27. The molecule has 0 unspecified atom stereocenters. The quantitative estimate of drug-likeness (QED) is 0.865. The van der Waals surface area contributed by atoms with Crippen molar-refractivity contribution in [2.24, 2.45) is 0 Å². The number of hydrogen-bond donors (Lipinski definition) is 1. The van der Waals surface area contributed by atoms with Gasteiger partial charge in [-0.3, -0.25) is 0 Å². The summed E-state index contributed by atoms with van der Waals surface area (Å²) < 4.78 is 9.50. The monoisotopic (exact) mass is 235 g/mol. The zero-order valence-electron chi connectivity index (χ0n) is 9.01. The molecule has 0 fully saturated rings. The summed E-state index contributed by atoms with van der Waals surface area (Å²) in [7, 11) is 0. The van der Waals surface area contributed by atoms with E-state index in [1.807, 2.05) is 37.3 Å². The molecule has 0 bridgehead atoms. The van der Waals surface area contributed by atoms with Gasteiger partial charge in [-0.2, -0.15) is 0 Å². The van der Waals surface area contributed by atoms with Crippen LogP contribution in [0, 0.1) is 0 Å². The predicted octanol–water partition coefficient (Wildman–Crippen LogP) is 2.55. The van der Waals surface area contributed by atoms with E-state index >= 15 is 0 Å². The molecule has 4 nitrogen and oxygen atoms in total. The molecule has 0 aliphatic heterocycles. The standard InChI is InChI=1S/C11H13N3OS/c1-2-12-11-10(13-14-16-11)8-15-9-6-4-3-5-7-9/h3-7,12H,2,8H2,1H3. The maximum atomic E-state index is 5.60. The second kappa shape index (κ2) is 5.46. The normalized spacial score (nSPS) is 10.1. The lowest BCUT2D eigenvalue weighted by molar-refractivity contribution is 0.301. The molecule has 16 heavy (non-hydrogen) atoms. The van der Waals surface area contributed by atoms with Crippen LogP contribution in [0.1, 0.15) is 12.6 Å². The molecule has 1 aromatic carbocycles. The van der Waals surface area contributed by atoms with Gasteiger partial charge in [-0.05, 0) is 19.1 Å². The van der Waals surface area contributed by atoms with Crippen LogP contribution in [0.15, 0.2) is 30.3 Å². The van der Waals surface area contributed by atoms with Crippen molar-refractivity contribution in [1.29, 1.82) is 0 Å². The Morgan fingerprint density at radius 2 is 2.12 bits per heavy atom. The maximum Gasteiger partial charge on any atom is 0.136 e. The number of aromatic nitrogens is 2. The van der Waals surface area contributed by atoms with Gasteiger partial charge in [-0.15, -0.1) is 5.10 Å². The first-order chi connectivity index (χ1) is 7.90.